The fourth-order valence-corrected chi connectivity index (χ4v) is 1.30. The number of rotatable bonds is 9. The first-order chi connectivity index (χ1) is 9.15. The third-order valence-electron chi connectivity index (χ3n) is 2.25. The Hall–Kier alpha value is -1.59. The predicted molar refractivity (Wildman–Crippen MR) is 77.7 cm³/mol. The summed E-state index contributed by atoms with van der Waals surface area (Å²) in [6, 6.07) is 0.377. The highest BCUT2D eigenvalue weighted by molar-refractivity contribution is 5.35. The molecule has 0 aliphatic rings. The van der Waals surface area contributed by atoms with E-state index in [0.29, 0.717) is 30.4 Å². The largest absolute Gasteiger partial charge is 0.463 e. The van der Waals surface area contributed by atoms with Crippen LogP contribution in [0.15, 0.2) is 0 Å². The molecular formula is C13H25N5O. The molecule has 6 nitrogen and oxygen atoms in total. The molecule has 6 heteroatoms. The maximum Gasteiger partial charge on any atom is 0.323 e. The molecule has 1 aromatic rings. The van der Waals surface area contributed by atoms with Crippen LogP contribution in [-0.4, -0.2) is 34.6 Å². The van der Waals surface area contributed by atoms with Crippen LogP contribution < -0.4 is 15.4 Å². The van der Waals surface area contributed by atoms with Crippen LogP contribution in [0.5, 0.6) is 6.01 Å². The van der Waals surface area contributed by atoms with Crippen molar-refractivity contribution in [1.29, 1.82) is 0 Å². The van der Waals surface area contributed by atoms with Crippen molar-refractivity contribution in [2.24, 2.45) is 5.92 Å². The van der Waals surface area contributed by atoms with Crippen molar-refractivity contribution in [3.63, 3.8) is 0 Å². The van der Waals surface area contributed by atoms with Gasteiger partial charge in [0.25, 0.3) is 0 Å². The van der Waals surface area contributed by atoms with Gasteiger partial charge in [-0.05, 0) is 18.8 Å². The van der Waals surface area contributed by atoms with Crippen LogP contribution in [0.25, 0.3) is 0 Å². The summed E-state index contributed by atoms with van der Waals surface area (Å²) in [6.45, 7) is 10.7. The van der Waals surface area contributed by atoms with Crippen molar-refractivity contribution in [2.45, 2.75) is 40.5 Å². The van der Waals surface area contributed by atoms with E-state index in [2.05, 4.69) is 53.3 Å². The van der Waals surface area contributed by atoms with Crippen LogP contribution in [0.1, 0.15) is 40.5 Å². The Morgan fingerprint density at radius 1 is 1.00 bits per heavy atom. The van der Waals surface area contributed by atoms with Gasteiger partial charge >= 0.3 is 6.01 Å². The van der Waals surface area contributed by atoms with E-state index >= 15 is 0 Å². The Labute approximate surface area is 115 Å². The summed E-state index contributed by atoms with van der Waals surface area (Å²) < 4.78 is 5.48. The zero-order valence-corrected chi connectivity index (χ0v) is 12.4. The lowest BCUT2D eigenvalue weighted by Crippen LogP contribution is -2.14. The standard InChI is InChI=1S/C13H25N5O/c1-5-7-14-11-16-12(15-9-10(3)4)18-13(17-11)19-8-6-2/h10H,5-9H2,1-4H3,(H2,14,15,16,17,18). The average Bonchev–Trinajstić information content (AvgIpc) is 2.40. The first kappa shape index (κ1) is 15.5. The summed E-state index contributed by atoms with van der Waals surface area (Å²) in [6.07, 6.45) is 1.95. The summed E-state index contributed by atoms with van der Waals surface area (Å²) in [5, 5.41) is 6.35. The molecule has 0 aliphatic heterocycles. The Morgan fingerprint density at radius 2 is 1.68 bits per heavy atom. The molecule has 0 amide bonds. The van der Waals surface area contributed by atoms with Gasteiger partial charge in [-0.25, -0.2) is 0 Å². The van der Waals surface area contributed by atoms with Crippen molar-refractivity contribution >= 4 is 11.9 Å². The molecule has 1 rings (SSSR count). The quantitative estimate of drug-likeness (QED) is 0.716. The van der Waals surface area contributed by atoms with E-state index in [4.69, 9.17) is 4.74 Å². The van der Waals surface area contributed by atoms with Crippen molar-refractivity contribution < 1.29 is 4.74 Å². The number of nitrogens with one attached hydrogen (secondary N) is 2. The second-order valence-corrected chi connectivity index (χ2v) is 4.82. The van der Waals surface area contributed by atoms with Crippen LogP contribution >= 0.6 is 0 Å². The van der Waals surface area contributed by atoms with Gasteiger partial charge in [-0.3, -0.25) is 0 Å². The fourth-order valence-electron chi connectivity index (χ4n) is 1.30. The fraction of sp³-hybridized carbons (Fsp3) is 0.769. The molecule has 108 valence electrons. The van der Waals surface area contributed by atoms with Gasteiger partial charge in [0.1, 0.15) is 0 Å². The molecule has 0 saturated heterocycles. The third-order valence-corrected chi connectivity index (χ3v) is 2.25. The van der Waals surface area contributed by atoms with Gasteiger partial charge in [0.2, 0.25) is 11.9 Å². The normalized spacial score (nSPS) is 10.6. The second-order valence-electron chi connectivity index (χ2n) is 4.82. The van der Waals surface area contributed by atoms with Gasteiger partial charge in [-0.1, -0.05) is 27.7 Å². The van der Waals surface area contributed by atoms with Gasteiger partial charge in [-0.2, -0.15) is 15.0 Å². The molecule has 0 aromatic carbocycles. The molecule has 19 heavy (non-hydrogen) atoms. The molecule has 0 atom stereocenters. The van der Waals surface area contributed by atoms with Gasteiger partial charge in [-0.15, -0.1) is 0 Å². The number of nitrogens with zero attached hydrogens (tertiary/aromatic N) is 3. The molecule has 0 fully saturated rings. The molecule has 0 saturated carbocycles. The topological polar surface area (TPSA) is 72.0 Å². The molecule has 1 heterocycles. The van der Waals surface area contributed by atoms with E-state index in [9.17, 15) is 0 Å². The van der Waals surface area contributed by atoms with Crippen LogP contribution in [0.2, 0.25) is 0 Å². The number of aromatic nitrogens is 3. The lowest BCUT2D eigenvalue weighted by molar-refractivity contribution is 0.292. The third kappa shape index (κ3) is 6.22. The van der Waals surface area contributed by atoms with E-state index in [0.717, 1.165) is 25.9 Å². The van der Waals surface area contributed by atoms with E-state index < -0.39 is 0 Å². The maximum atomic E-state index is 5.48. The minimum Gasteiger partial charge on any atom is -0.463 e. The number of hydrogen-bond acceptors (Lipinski definition) is 6. The minimum atomic E-state index is 0.377. The number of hydrogen-bond donors (Lipinski definition) is 2. The van der Waals surface area contributed by atoms with Gasteiger partial charge < -0.3 is 15.4 Å². The number of ether oxygens (including phenoxy) is 1. The molecule has 0 bridgehead atoms. The highest BCUT2D eigenvalue weighted by Gasteiger charge is 2.07. The molecule has 2 N–H and O–H groups in total. The van der Waals surface area contributed by atoms with Crippen molar-refractivity contribution in [2.75, 3.05) is 30.3 Å². The molecular weight excluding hydrogens is 242 g/mol. The summed E-state index contributed by atoms with van der Waals surface area (Å²) in [7, 11) is 0. The zero-order chi connectivity index (χ0) is 14.1. The SMILES string of the molecule is CCCNc1nc(NCC(C)C)nc(OCCC)n1. The maximum absolute atomic E-state index is 5.48. The Kier molecular flexibility index (Phi) is 6.92. The Balaban J connectivity index is 2.75. The Bertz CT molecular complexity index is 344. The van der Waals surface area contributed by atoms with Crippen molar-refractivity contribution in [3.05, 3.63) is 0 Å². The first-order valence-corrected chi connectivity index (χ1v) is 7.02. The number of anilines is 2. The lowest BCUT2D eigenvalue weighted by Gasteiger charge is -2.11. The monoisotopic (exact) mass is 267 g/mol. The molecule has 0 radical (unpaired) electrons. The smallest absolute Gasteiger partial charge is 0.323 e. The van der Waals surface area contributed by atoms with E-state index in [-0.39, 0.29) is 0 Å². The lowest BCUT2D eigenvalue weighted by atomic mass is 10.2. The Morgan fingerprint density at radius 3 is 2.26 bits per heavy atom. The highest BCUT2D eigenvalue weighted by Crippen LogP contribution is 2.12. The molecule has 1 aromatic heterocycles. The van der Waals surface area contributed by atoms with E-state index in [1.54, 1.807) is 0 Å². The van der Waals surface area contributed by atoms with Gasteiger partial charge in [0.15, 0.2) is 0 Å². The van der Waals surface area contributed by atoms with Gasteiger partial charge in [0.05, 0.1) is 6.61 Å². The second kappa shape index (κ2) is 8.50. The zero-order valence-electron chi connectivity index (χ0n) is 12.4. The molecule has 0 spiro atoms. The summed E-state index contributed by atoms with van der Waals surface area (Å²) in [5.41, 5.74) is 0. The van der Waals surface area contributed by atoms with Crippen LogP contribution in [-0.2, 0) is 0 Å². The van der Waals surface area contributed by atoms with Crippen molar-refractivity contribution in [1.82, 2.24) is 15.0 Å². The predicted octanol–water partition coefficient (Wildman–Crippen LogP) is 2.55. The molecule has 0 aliphatic carbocycles. The summed E-state index contributed by atoms with van der Waals surface area (Å²) in [5.74, 6) is 1.66. The van der Waals surface area contributed by atoms with Crippen molar-refractivity contribution in [3.8, 4) is 6.01 Å². The van der Waals surface area contributed by atoms with E-state index in [1.807, 2.05) is 0 Å². The molecule has 0 unspecified atom stereocenters. The average molecular weight is 267 g/mol. The van der Waals surface area contributed by atoms with Crippen LogP contribution in [0.3, 0.4) is 0 Å². The minimum absolute atomic E-state index is 0.377. The van der Waals surface area contributed by atoms with Crippen LogP contribution in [0, 0.1) is 5.92 Å². The van der Waals surface area contributed by atoms with Crippen LogP contribution in [0.4, 0.5) is 11.9 Å². The summed E-state index contributed by atoms with van der Waals surface area (Å²) >= 11 is 0. The highest BCUT2D eigenvalue weighted by atomic mass is 16.5. The summed E-state index contributed by atoms with van der Waals surface area (Å²) in [4.78, 5) is 12.8. The van der Waals surface area contributed by atoms with Gasteiger partial charge in [0, 0.05) is 13.1 Å². The van der Waals surface area contributed by atoms with E-state index in [1.165, 1.54) is 0 Å². The first-order valence-electron chi connectivity index (χ1n) is 7.02.